The lowest BCUT2D eigenvalue weighted by atomic mass is 9.94. The average molecular weight is 328 g/mol. The fourth-order valence-electron chi connectivity index (χ4n) is 2.45. The molecule has 1 heterocycles. The summed E-state index contributed by atoms with van der Waals surface area (Å²) in [7, 11) is 3.68. The molecule has 0 saturated carbocycles. The van der Waals surface area contributed by atoms with Crippen molar-refractivity contribution in [3.8, 4) is 0 Å². The third kappa shape index (κ3) is 3.97. The second kappa shape index (κ2) is 7.09. The summed E-state index contributed by atoms with van der Waals surface area (Å²) in [6.45, 7) is 2.37. The molecule has 3 nitrogen and oxygen atoms in total. The van der Waals surface area contributed by atoms with Gasteiger partial charge >= 0.3 is 0 Å². The first-order chi connectivity index (χ1) is 10.4. The molecule has 0 radical (unpaired) electrons. The highest BCUT2D eigenvalue weighted by molar-refractivity contribution is 6.29. The van der Waals surface area contributed by atoms with Gasteiger partial charge < -0.3 is 10.2 Å². The lowest BCUT2D eigenvalue weighted by Gasteiger charge is -2.26. The molecule has 0 bridgehead atoms. The van der Waals surface area contributed by atoms with E-state index in [0.29, 0.717) is 18.1 Å². The first kappa shape index (κ1) is 16.7. The van der Waals surface area contributed by atoms with Crippen LogP contribution in [0, 0.1) is 0 Å². The summed E-state index contributed by atoms with van der Waals surface area (Å²) in [6, 6.07) is 0. The Bertz CT molecular complexity index is 601. The van der Waals surface area contributed by atoms with Crippen LogP contribution in [0.5, 0.6) is 0 Å². The summed E-state index contributed by atoms with van der Waals surface area (Å²) < 4.78 is 27.3. The second-order valence-corrected chi connectivity index (χ2v) is 5.97. The maximum Gasteiger partial charge on any atom is 0.157 e. The van der Waals surface area contributed by atoms with E-state index in [1.54, 1.807) is 12.3 Å². The highest BCUT2D eigenvalue weighted by Gasteiger charge is 2.25. The zero-order chi connectivity index (χ0) is 16.3. The van der Waals surface area contributed by atoms with Crippen LogP contribution < -0.4 is 5.32 Å². The molecular formula is C16H20ClF2N3. The van der Waals surface area contributed by atoms with Gasteiger partial charge in [0.05, 0.1) is 6.54 Å². The van der Waals surface area contributed by atoms with E-state index >= 15 is 0 Å². The second-order valence-electron chi connectivity index (χ2n) is 5.57. The number of nitrogens with one attached hydrogen (secondary N) is 1. The molecule has 0 spiro atoms. The van der Waals surface area contributed by atoms with E-state index in [4.69, 9.17) is 11.6 Å². The molecule has 1 N–H and O–H groups in total. The van der Waals surface area contributed by atoms with Crippen LogP contribution in [0.2, 0.25) is 0 Å². The van der Waals surface area contributed by atoms with Crippen LogP contribution in [0.15, 0.2) is 50.7 Å². The van der Waals surface area contributed by atoms with Gasteiger partial charge in [-0.1, -0.05) is 11.6 Å². The predicted molar refractivity (Wildman–Crippen MR) is 87.2 cm³/mol. The fourth-order valence-corrected chi connectivity index (χ4v) is 2.66. The first-order valence-corrected chi connectivity index (χ1v) is 7.49. The minimum Gasteiger partial charge on any atom is -0.381 e. The van der Waals surface area contributed by atoms with Gasteiger partial charge in [0, 0.05) is 44.5 Å². The Hall–Kier alpha value is -1.62. The fraction of sp³-hybridized carbons (Fsp3) is 0.438. The number of rotatable bonds is 3. The van der Waals surface area contributed by atoms with E-state index in [-0.39, 0.29) is 6.42 Å². The van der Waals surface area contributed by atoms with Gasteiger partial charge in [0.25, 0.3) is 0 Å². The van der Waals surface area contributed by atoms with Crippen molar-refractivity contribution < 1.29 is 8.78 Å². The molecular weight excluding hydrogens is 308 g/mol. The number of nitrogens with zero attached hydrogens (tertiary/aromatic N) is 2. The highest BCUT2D eigenvalue weighted by atomic mass is 35.5. The van der Waals surface area contributed by atoms with Crippen LogP contribution in [-0.4, -0.2) is 37.9 Å². The maximum absolute atomic E-state index is 13.7. The Morgan fingerprint density at radius 1 is 1.41 bits per heavy atom. The van der Waals surface area contributed by atoms with Gasteiger partial charge in [0.2, 0.25) is 0 Å². The topological polar surface area (TPSA) is 27.6 Å². The minimum absolute atomic E-state index is 0.0578. The zero-order valence-corrected chi connectivity index (χ0v) is 13.7. The Morgan fingerprint density at radius 3 is 2.82 bits per heavy atom. The van der Waals surface area contributed by atoms with E-state index in [0.717, 1.165) is 22.5 Å². The van der Waals surface area contributed by atoms with Gasteiger partial charge in [-0.05, 0) is 30.2 Å². The smallest absolute Gasteiger partial charge is 0.157 e. The molecule has 0 aromatic heterocycles. The van der Waals surface area contributed by atoms with Crippen molar-refractivity contribution in [1.82, 2.24) is 10.2 Å². The van der Waals surface area contributed by atoms with Crippen LogP contribution >= 0.6 is 11.6 Å². The van der Waals surface area contributed by atoms with E-state index in [1.165, 1.54) is 6.08 Å². The van der Waals surface area contributed by atoms with Crippen molar-refractivity contribution in [1.29, 1.82) is 0 Å². The van der Waals surface area contributed by atoms with E-state index in [2.05, 4.69) is 10.3 Å². The van der Waals surface area contributed by atoms with Crippen molar-refractivity contribution in [3.05, 3.63) is 45.7 Å². The van der Waals surface area contributed by atoms with Crippen molar-refractivity contribution in [3.63, 3.8) is 0 Å². The molecule has 0 saturated heterocycles. The first-order valence-electron chi connectivity index (χ1n) is 7.11. The molecule has 1 aliphatic heterocycles. The number of halogens is 3. The van der Waals surface area contributed by atoms with Crippen LogP contribution in [0.25, 0.3) is 0 Å². The zero-order valence-electron chi connectivity index (χ0n) is 13.0. The summed E-state index contributed by atoms with van der Waals surface area (Å²) in [4.78, 5) is 6.11. The molecule has 120 valence electrons. The number of alkyl halides is 1. The summed E-state index contributed by atoms with van der Waals surface area (Å²) in [6.07, 6.45) is 3.81. The maximum atomic E-state index is 13.7. The Morgan fingerprint density at radius 2 is 2.14 bits per heavy atom. The summed E-state index contributed by atoms with van der Waals surface area (Å²) >= 11 is 6.02. The highest BCUT2D eigenvalue weighted by Crippen LogP contribution is 2.32. The standard InChI is InChI=1S/C16H20ClF2N3/c1-10-12(9-20-5-4-16(17)21-10)6-11-7-13(18)14(19)8-15(11)22(2)3/h4,7,9,14,21H,5-6,8H2,1-3H3/b12-10?,16-4-,20-9?. The lowest BCUT2D eigenvalue weighted by Crippen LogP contribution is -2.21. The molecule has 22 heavy (non-hydrogen) atoms. The number of allylic oxidation sites excluding steroid dienone is 6. The largest absolute Gasteiger partial charge is 0.381 e. The van der Waals surface area contributed by atoms with E-state index in [1.807, 2.05) is 25.9 Å². The SMILES string of the molecule is CC1=C(CC2=C(N(C)C)CC(F)C(F)=C2)C=NC/C=C(/Cl)N1. The minimum atomic E-state index is -1.56. The number of aliphatic imine (C=N–C) groups is 1. The van der Waals surface area contributed by atoms with Crippen molar-refractivity contribution in [2.75, 3.05) is 20.6 Å². The molecule has 0 fully saturated rings. The van der Waals surface area contributed by atoms with Crippen LogP contribution in [0.1, 0.15) is 19.8 Å². The van der Waals surface area contributed by atoms with Crippen LogP contribution in [0.3, 0.4) is 0 Å². The molecule has 1 aliphatic carbocycles. The molecule has 0 amide bonds. The van der Waals surface area contributed by atoms with Gasteiger partial charge in [-0.15, -0.1) is 0 Å². The van der Waals surface area contributed by atoms with Crippen LogP contribution in [-0.2, 0) is 0 Å². The molecule has 6 heteroatoms. The van der Waals surface area contributed by atoms with Crippen molar-refractivity contribution >= 4 is 17.8 Å². The summed E-state index contributed by atoms with van der Waals surface area (Å²) in [5.41, 5.74) is 3.32. The summed E-state index contributed by atoms with van der Waals surface area (Å²) in [5.74, 6) is -0.715. The van der Waals surface area contributed by atoms with E-state index < -0.39 is 12.0 Å². The van der Waals surface area contributed by atoms with Gasteiger partial charge in [0.1, 0.15) is 11.0 Å². The van der Waals surface area contributed by atoms with Crippen molar-refractivity contribution in [2.24, 2.45) is 4.99 Å². The van der Waals surface area contributed by atoms with Gasteiger partial charge in [0.15, 0.2) is 6.17 Å². The predicted octanol–water partition coefficient (Wildman–Crippen LogP) is 3.82. The Kier molecular flexibility index (Phi) is 5.40. The summed E-state index contributed by atoms with van der Waals surface area (Å²) in [5, 5.41) is 3.59. The molecule has 0 aromatic carbocycles. The Labute approximate surface area is 134 Å². The number of hydrogen-bond donors (Lipinski definition) is 1. The van der Waals surface area contributed by atoms with Gasteiger partial charge in [-0.2, -0.15) is 0 Å². The Balaban J connectivity index is 2.34. The average Bonchev–Trinajstić information content (AvgIpc) is 2.43. The van der Waals surface area contributed by atoms with Gasteiger partial charge in [-0.25, -0.2) is 8.78 Å². The lowest BCUT2D eigenvalue weighted by molar-refractivity contribution is 0.296. The molecule has 1 unspecified atom stereocenters. The normalized spacial score (nSPS) is 25.1. The monoisotopic (exact) mass is 327 g/mol. The number of hydrogen-bond acceptors (Lipinski definition) is 3. The molecule has 0 aromatic rings. The van der Waals surface area contributed by atoms with Crippen LogP contribution in [0.4, 0.5) is 8.78 Å². The quantitative estimate of drug-likeness (QED) is 0.798. The van der Waals surface area contributed by atoms with Crippen molar-refractivity contribution in [2.45, 2.75) is 25.9 Å². The van der Waals surface area contributed by atoms with E-state index in [9.17, 15) is 8.78 Å². The molecule has 2 rings (SSSR count). The third-order valence-electron chi connectivity index (χ3n) is 3.69. The molecule has 1 atom stereocenters. The van der Waals surface area contributed by atoms with Gasteiger partial charge in [-0.3, -0.25) is 4.99 Å². The molecule has 2 aliphatic rings. The third-order valence-corrected chi connectivity index (χ3v) is 3.94.